The third kappa shape index (κ3) is 5.83. The summed E-state index contributed by atoms with van der Waals surface area (Å²) in [6.45, 7) is 7.42. The molecule has 0 unspecified atom stereocenters. The van der Waals surface area contributed by atoms with Crippen molar-refractivity contribution in [2.45, 2.75) is 32.2 Å². The summed E-state index contributed by atoms with van der Waals surface area (Å²) in [6, 6.07) is 5.79. The van der Waals surface area contributed by atoms with Crippen LogP contribution in [0.15, 0.2) is 36.7 Å². The van der Waals surface area contributed by atoms with Gasteiger partial charge in [0.1, 0.15) is 17.1 Å². The normalized spacial score (nSPS) is 17.1. The van der Waals surface area contributed by atoms with E-state index in [0.717, 1.165) is 31.5 Å². The minimum Gasteiger partial charge on any atom is -0.352 e. The van der Waals surface area contributed by atoms with Crippen LogP contribution in [0.3, 0.4) is 0 Å². The third-order valence-corrected chi connectivity index (χ3v) is 8.02. The van der Waals surface area contributed by atoms with Crippen molar-refractivity contribution in [3.63, 3.8) is 0 Å². The number of carbonyl (C=O) groups is 2. The van der Waals surface area contributed by atoms with E-state index in [1.807, 2.05) is 4.90 Å². The number of likely N-dealkylation sites (tertiary alicyclic amines) is 1. The predicted octanol–water partition coefficient (Wildman–Crippen LogP) is 3.85. The Bertz CT molecular complexity index is 1340. The molecule has 3 aromatic rings. The van der Waals surface area contributed by atoms with Crippen LogP contribution in [0.1, 0.15) is 26.7 Å². The molecule has 2 aromatic heterocycles. The molecule has 2 N–H and O–H groups in total. The smallest absolute Gasteiger partial charge is 0.325 e. The maximum atomic E-state index is 14.8. The van der Waals surface area contributed by atoms with Crippen molar-refractivity contribution in [2.75, 3.05) is 49.5 Å². The molecule has 0 atom stereocenters. The number of rotatable bonds is 10. The zero-order chi connectivity index (χ0) is 27.6. The molecule has 10 nitrogen and oxygen atoms in total. The number of benzene rings is 1. The summed E-state index contributed by atoms with van der Waals surface area (Å²) in [5, 5.41) is 5.96. The van der Waals surface area contributed by atoms with Crippen LogP contribution in [0.25, 0.3) is 10.6 Å². The fraction of sp³-hybridized carbons (Fsp3) is 0.423. The number of hydrogen-bond donors (Lipinski definition) is 2. The van der Waals surface area contributed by atoms with Gasteiger partial charge in [0.2, 0.25) is 5.95 Å². The molecule has 4 heterocycles. The lowest BCUT2D eigenvalue weighted by molar-refractivity contribution is -0.125. The van der Waals surface area contributed by atoms with Gasteiger partial charge in [0, 0.05) is 38.1 Å². The van der Waals surface area contributed by atoms with E-state index < -0.39 is 17.4 Å². The zero-order valence-corrected chi connectivity index (χ0v) is 22.6. The second-order valence-corrected chi connectivity index (χ2v) is 11.0. The largest absolute Gasteiger partial charge is 0.352 e. The Morgan fingerprint density at radius 3 is 2.51 bits per heavy atom. The van der Waals surface area contributed by atoms with Crippen LogP contribution in [0.2, 0.25) is 0 Å². The van der Waals surface area contributed by atoms with E-state index in [2.05, 4.69) is 30.5 Å². The molecule has 5 rings (SSSR count). The molecule has 206 valence electrons. The topological polar surface area (TPSA) is 107 Å². The fourth-order valence-electron chi connectivity index (χ4n) is 4.68. The number of amides is 3. The van der Waals surface area contributed by atoms with Crippen molar-refractivity contribution in [3.05, 3.63) is 48.3 Å². The van der Waals surface area contributed by atoms with Crippen LogP contribution in [-0.2, 0) is 4.79 Å². The maximum Gasteiger partial charge on any atom is 0.325 e. The van der Waals surface area contributed by atoms with E-state index in [1.54, 1.807) is 32.2 Å². The van der Waals surface area contributed by atoms with Gasteiger partial charge in [0.05, 0.1) is 11.1 Å². The molecule has 2 fully saturated rings. The number of aromatic nitrogens is 3. The average Bonchev–Trinajstić information content (AvgIpc) is 3.64. The average molecular weight is 557 g/mol. The molecule has 0 spiro atoms. The number of thiazole rings is 1. The first-order valence-electron chi connectivity index (χ1n) is 12.8. The van der Waals surface area contributed by atoms with E-state index in [1.165, 1.54) is 41.2 Å². The molecule has 3 amide bonds. The lowest BCUT2D eigenvalue weighted by atomic mass is 10.0. The second kappa shape index (κ2) is 11.2. The molecule has 1 aromatic carbocycles. The maximum absolute atomic E-state index is 14.8. The van der Waals surface area contributed by atoms with Gasteiger partial charge in [-0.3, -0.25) is 10.1 Å². The Balaban J connectivity index is 1.31. The number of nitrogens with zero attached hydrogens (tertiary/aromatic N) is 6. The highest BCUT2D eigenvalue weighted by Gasteiger charge is 2.45. The van der Waals surface area contributed by atoms with Gasteiger partial charge in [-0.2, -0.15) is 0 Å². The van der Waals surface area contributed by atoms with Crippen molar-refractivity contribution < 1.29 is 18.4 Å². The van der Waals surface area contributed by atoms with Crippen LogP contribution in [0.4, 0.5) is 30.3 Å². The molecule has 0 saturated carbocycles. The predicted molar refractivity (Wildman–Crippen MR) is 145 cm³/mol. The molecular weight excluding hydrogens is 526 g/mol. The van der Waals surface area contributed by atoms with E-state index in [-0.39, 0.29) is 36.5 Å². The van der Waals surface area contributed by atoms with Crippen LogP contribution in [-0.4, -0.2) is 81.5 Å². The molecular formula is C26H30F2N8O2S. The second-order valence-electron chi connectivity index (χ2n) is 9.97. The number of hydrogen-bond acceptors (Lipinski definition) is 9. The molecule has 2 aliphatic rings. The van der Waals surface area contributed by atoms with Gasteiger partial charge in [0.25, 0.3) is 5.91 Å². The summed E-state index contributed by atoms with van der Waals surface area (Å²) in [4.78, 5) is 43.3. The molecule has 13 heteroatoms. The highest BCUT2D eigenvalue weighted by molar-refractivity contribution is 7.18. The van der Waals surface area contributed by atoms with E-state index >= 15 is 0 Å². The Morgan fingerprint density at radius 1 is 1.08 bits per heavy atom. The number of anilines is 3. The van der Waals surface area contributed by atoms with Gasteiger partial charge in [-0.15, -0.1) is 0 Å². The standard InChI is InChI=1S/C26H30F2N8O2S/c1-26(2)22(37)33-24(38)36(26)12-9-29-23-30-15-19(28)21(32-23)20-16-31-25(39-20)35(14-13-34-10-3-4-11-34)18-7-5-17(27)6-8-18/h5-8,15-16H,3-4,9-14H2,1-2H3,(H,29,30,32)(H,33,37,38). The summed E-state index contributed by atoms with van der Waals surface area (Å²) in [6.07, 6.45) is 5.03. The van der Waals surface area contributed by atoms with Crippen LogP contribution in [0, 0.1) is 11.6 Å². The molecule has 2 saturated heterocycles. The first-order valence-corrected chi connectivity index (χ1v) is 13.6. The first kappa shape index (κ1) is 26.9. The van der Waals surface area contributed by atoms with Gasteiger partial charge >= 0.3 is 6.03 Å². The number of urea groups is 1. The molecule has 39 heavy (non-hydrogen) atoms. The minimum absolute atomic E-state index is 0.101. The zero-order valence-electron chi connectivity index (χ0n) is 21.8. The van der Waals surface area contributed by atoms with Gasteiger partial charge in [-0.25, -0.2) is 28.5 Å². The summed E-state index contributed by atoms with van der Waals surface area (Å²) in [7, 11) is 0. The summed E-state index contributed by atoms with van der Waals surface area (Å²) < 4.78 is 28.4. The van der Waals surface area contributed by atoms with Gasteiger partial charge in [-0.1, -0.05) is 11.3 Å². The van der Waals surface area contributed by atoms with Crippen LogP contribution >= 0.6 is 11.3 Å². The van der Waals surface area contributed by atoms with Crippen LogP contribution < -0.4 is 15.5 Å². The monoisotopic (exact) mass is 556 g/mol. The Morgan fingerprint density at radius 2 is 1.82 bits per heavy atom. The highest BCUT2D eigenvalue weighted by atomic mass is 32.1. The SMILES string of the molecule is CC1(C)C(=O)NC(=O)N1CCNc1ncc(F)c(-c2cnc(N(CCN3CCCC3)c3ccc(F)cc3)s2)n1. The molecule has 0 aliphatic carbocycles. The van der Waals surface area contributed by atoms with E-state index in [0.29, 0.717) is 16.6 Å². The quantitative estimate of drug-likeness (QED) is 0.363. The minimum atomic E-state index is -0.961. The Kier molecular flexibility index (Phi) is 7.71. The van der Waals surface area contributed by atoms with Crippen molar-refractivity contribution in [2.24, 2.45) is 0 Å². The number of imide groups is 1. The van der Waals surface area contributed by atoms with Gasteiger partial charge in [0.15, 0.2) is 10.9 Å². The van der Waals surface area contributed by atoms with Crippen LogP contribution in [0.5, 0.6) is 0 Å². The summed E-state index contributed by atoms with van der Waals surface area (Å²) in [5.41, 5.74) is -0.0590. The summed E-state index contributed by atoms with van der Waals surface area (Å²) >= 11 is 1.29. The van der Waals surface area contributed by atoms with E-state index in [9.17, 15) is 18.4 Å². The Labute approximate surface area is 229 Å². The molecule has 2 aliphatic heterocycles. The highest BCUT2D eigenvalue weighted by Crippen LogP contribution is 2.35. The van der Waals surface area contributed by atoms with Gasteiger partial charge < -0.3 is 20.0 Å². The van der Waals surface area contributed by atoms with Crippen molar-refractivity contribution in [1.29, 1.82) is 0 Å². The third-order valence-electron chi connectivity index (χ3n) is 6.99. The lowest BCUT2D eigenvalue weighted by Crippen LogP contribution is -2.46. The first-order chi connectivity index (χ1) is 18.7. The summed E-state index contributed by atoms with van der Waals surface area (Å²) in [5.74, 6) is -1.08. The lowest BCUT2D eigenvalue weighted by Gasteiger charge is -2.27. The number of nitrogens with one attached hydrogen (secondary N) is 2. The van der Waals surface area contributed by atoms with Crippen molar-refractivity contribution >= 4 is 40.0 Å². The van der Waals surface area contributed by atoms with Crippen molar-refractivity contribution in [1.82, 2.24) is 30.1 Å². The van der Waals surface area contributed by atoms with Crippen molar-refractivity contribution in [3.8, 4) is 10.6 Å². The molecule has 0 bridgehead atoms. The van der Waals surface area contributed by atoms with E-state index in [4.69, 9.17) is 0 Å². The molecule has 0 radical (unpaired) electrons. The number of halogens is 2. The Hall–Kier alpha value is -3.71. The fourth-order valence-corrected chi connectivity index (χ4v) is 5.64. The number of carbonyl (C=O) groups excluding carboxylic acids is 2. The van der Waals surface area contributed by atoms with Gasteiger partial charge in [-0.05, 0) is 64.0 Å².